The van der Waals surface area contributed by atoms with Crippen LogP contribution in [0.4, 0.5) is 5.69 Å². The van der Waals surface area contributed by atoms with Gasteiger partial charge in [0.2, 0.25) is 5.91 Å². The van der Waals surface area contributed by atoms with E-state index in [9.17, 15) is 4.79 Å². The van der Waals surface area contributed by atoms with Crippen molar-refractivity contribution in [2.75, 3.05) is 23.8 Å². The van der Waals surface area contributed by atoms with Gasteiger partial charge in [-0.3, -0.25) is 4.79 Å². The number of thioether (sulfide) groups is 1. The molecule has 0 aromatic heterocycles. The Morgan fingerprint density at radius 2 is 1.89 bits per heavy atom. The zero-order chi connectivity index (χ0) is 12.8. The number of hydrogen-bond acceptors (Lipinski definition) is 3. The summed E-state index contributed by atoms with van der Waals surface area (Å²) < 4.78 is 0. The van der Waals surface area contributed by atoms with E-state index in [2.05, 4.69) is 5.32 Å². The van der Waals surface area contributed by atoms with Crippen molar-refractivity contribution in [2.45, 2.75) is 19.3 Å². The van der Waals surface area contributed by atoms with E-state index >= 15 is 0 Å². The van der Waals surface area contributed by atoms with Crippen molar-refractivity contribution in [3.05, 3.63) is 29.8 Å². The molecule has 1 fully saturated rings. The number of nitrogen functional groups attached to an aromatic ring is 1. The molecule has 0 saturated carbocycles. The number of amides is 1. The summed E-state index contributed by atoms with van der Waals surface area (Å²) in [6.45, 7) is 0.715. The number of anilines is 1. The first kappa shape index (κ1) is 16.2. The third kappa shape index (κ3) is 5.33. The normalized spacial score (nSPS) is 15.6. The van der Waals surface area contributed by atoms with Crippen molar-refractivity contribution in [2.24, 2.45) is 5.92 Å². The van der Waals surface area contributed by atoms with Crippen LogP contribution in [0.1, 0.15) is 18.4 Å². The van der Waals surface area contributed by atoms with Gasteiger partial charge < -0.3 is 11.1 Å². The molecule has 1 aliphatic heterocycles. The number of hydrogen-bond donors (Lipinski definition) is 2. The Balaban J connectivity index is 0.00000180. The lowest BCUT2D eigenvalue weighted by Crippen LogP contribution is -2.34. The molecule has 5 heteroatoms. The molecule has 1 aliphatic rings. The number of rotatable bonds is 4. The van der Waals surface area contributed by atoms with E-state index in [0.29, 0.717) is 6.54 Å². The van der Waals surface area contributed by atoms with Crippen molar-refractivity contribution in [3.63, 3.8) is 0 Å². The van der Waals surface area contributed by atoms with Gasteiger partial charge in [0, 0.05) is 18.2 Å². The number of carbonyl (C=O) groups is 1. The molecule has 1 heterocycles. The second-order valence-corrected chi connectivity index (χ2v) is 5.89. The SMILES string of the molecule is Cl.Nc1ccc(CCNC(=O)C2CCSCC2)cc1. The number of halogens is 1. The molecule has 19 heavy (non-hydrogen) atoms. The minimum Gasteiger partial charge on any atom is -0.399 e. The Bertz CT molecular complexity index is 391. The minimum absolute atomic E-state index is 0. The summed E-state index contributed by atoms with van der Waals surface area (Å²) in [5.74, 6) is 2.70. The largest absolute Gasteiger partial charge is 0.399 e. The van der Waals surface area contributed by atoms with Crippen LogP contribution >= 0.6 is 24.2 Å². The van der Waals surface area contributed by atoms with Crippen LogP contribution < -0.4 is 11.1 Å². The maximum atomic E-state index is 11.9. The molecule has 0 bridgehead atoms. The van der Waals surface area contributed by atoms with E-state index in [0.717, 1.165) is 36.5 Å². The standard InChI is InChI=1S/C14H20N2OS.ClH/c15-13-3-1-11(2-4-13)5-8-16-14(17)12-6-9-18-10-7-12;/h1-4,12H,5-10,15H2,(H,16,17);1H. The van der Waals surface area contributed by atoms with Gasteiger partial charge in [0.1, 0.15) is 0 Å². The highest BCUT2D eigenvalue weighted by atomic mass is 35.5. The Hall–Kier alpha value is -0.870. The summed E-state index contributed by atoms with van der Waals surface area (Å²) in [5.41, 5.74) is 7.62. The molecule has 3 nitrogen and oxygen atoms in total. The zero-order valence-corrected chi connectivity index (χ0v) is 12.6. The van der Waals surface area contributed by atoms with E-state index < -0.39 is 0 Å². The van der Waals surface area contributed by atoms with E-state index in [-0.39, 0.29) is 24.2 Å². The predicted molar refractivity (Wildman–Crippen MR) is 84.9 cm³/mol. The molecule has 1 aromatic rings. The number of nitrogens with one attached hydrogen (secondary N) is 1. The second-order valence-electron chi connectivity index (χ2n) is 4.67. The lowest BCUT2D eigenvalue weighted by molar-refractivity contribution is -0.125. The molecular weight excluding hydrogens is 280 g/mol. The Morgan fingerprint density at radius 1 is 1.26 bits per heavy atom. The molecule has 1 amide bonds. The monoisotopic (exact) mass is 300 g/mol. The van der Waals surface area contributed by atoms with Crippen LogP contribution in [-0.4, -0.2) is 24.0 Å². The third-order valence-corrected chi connectivity index (χ3v) is 4.33. The highest BCUT2D eigenvalue weighted by Crippen LogP contribution is 2.22. The van der Waals surface area contributed by atoms with Gasteiger partial charge in [-0.25, -0.2) is 0 Å². The van der Waals surface area contributed by atoms with E-state index in [4.69, 9.17) is 5.73 Å². The first-order valence-corrected chi connectivity index (χ1v) is 7.61. The van der Waals surface area contributed by atoms with Crippen LogP contribution in [0.3, 0.4) is 0 Å². The van der Waals surface area contributed by atoms with Crippen LogP contribution in [0.2, 0.25) is 0 Å². The van der Waals surface area contributed by atoms with Crippen molar-refractivity contribution in [1.29, 1.82) is 0 Å². The molecule has 0 spiro atoms. The highest BCUT2D eigenvalue weighted by molar-refractivity contribution is 7.99. The average molecular weight is 301 g/mol. The summed E-state index contributed by atoms with van der Waals surface area (Å²) in [6.07, 6.45) is 2.92. The van der Waals surface area contributed by atoms with Crippen LogP contribution in [0.15, 0.2) is 24.3 Å². The quantitative estimate of drug-likeness (QED) is 0.840. The second kappa shape index (κ2) is 8.33. The number of carbonyl (C=O) groups excluding carboxylic acids is 1. The Kier molecular flexibility index (Phi) is 7.10. The first-order valence-electron chi connectivity index (χ1n) is 6.45. The summed E-state index contributed by atoms with van der Waals surface area (Å²) in [7, 11) is 0. The molecule has 2 rings (SSSR count). The maximum Gasteiger partial charge on any atom is 0.223 e. The minimum atomic E-state index is 0. The summed E-state index contributed by atoms with van der Waals surface area (Å²) in [4.78, 5) is 11.9. The van der Waals surface area contributed by atoms with Crippen molar-refractivity contribution in [1.82, 2.24) is 5.32 Å². The average Bonchev–Trinajstić information content (AvgIpc) is 2.42. The van der Waals surface area contributed by atoms with Gasteiger partial charge in [0.25, 0.3) is 0 Å². The fraction of sp³-hybridized carbons (Fsp3) is 0.500. The van der Waals surface area contributed by atoms with Crippen LogP contribution in [0.5, 0.6) is 0 Å². The summed E-state index contributed by atoms with van der Waals surface area (Å²) in [6, 6.07) is 7.82. The molecule has 1 saturated heterocycles. The fourth-order valence-electron chi connectivity index (χ4n) is 2.12. The van der Waals surface area contributed by atoms with Gasteiger partial charge >= 0.3 is 0 Å². The predicted octanol–water partition coefficient (Wildman–Crippen LogP) is 2.49. The van der Waals surface area contributed by atoms with Crippen molar-refractivity contribution in [3.8, 4) is 0 Å². The number of nitrogens with two attached hydrogens (primary N) is 1. The van der Waals surface area contributed by atoms with Gasteiger partial charge in [-0.2, -0.15) is 11.8 Å². The molecule has 0 unspecified atom stereocenters. The topological polar surface area (TPSA) is 55.1 Å². The van der Waals surface area contributed by atoms with Gasteiger partial charge in [-0.1, -0.05) is 12.1 Å². The molecule has 106 valence electrons. The fourth-order valence-corrected chi connectivity index (χ4v) is 3.22. The number of benzene rings is 1. The van der Waals surface area contributed by atoms with Gasteiger partial charge in [-0.05, 0) is 48.5 Å². The first-order chi connectivity index (χ1) is 8.75. The molecule has 1 aromatic carbocycles. The van der Waals surface area contributed by atoms with Gasteiger partial charge in [0.05, 0.1) is 0 Å². The molecule has 3 N–H and O–H groups in total. The summed E-state index contributed by atoms with van der Waals surface area (Å²) >= 11 is 1.95. The molecule has 0 aliphatic carbocycles. The van der Waals surface area contributed by atoms with Crippen molar-refractivity contribution >= 4 is 35.8 Å². The smallest absolute Gasteiger partial charge is 0.223 e. The molecule has 0 atom stereocenters. The van der Waals surface area contributed by atoms with Gasteiger partial charge in [-0.15, -0.1) is 12.4 Å². The zero-order valence-electron chi connectivity index (χ0n) is 10.9. The Morgan fingerprint density at radius 3 is 2.53 bits per heavy atom. The van der Waals surface area contributed by atoms with E-state index in [1.165, 1.54) is 5.56 Å². The van der Waals surface area contributed by atoms with Crippen molar-refractivity contribution < 1.29 is 4.79 Å². The highest BCUT2D eigenvalue weighted by Gasteiger charge is 2.20. The van der Waals surface area contributed by atoms with E-state index in [1.54, 1.807) is 0 Å². The van der Waals surface area contributed by atoms with Crippen LogP contribution in [0, 0.1) is 5.92 Å². The lowest BCUT2D eigenvalue weighted by Gasteiger charge is -2.20. The maximum absolute atomic E-state index is 11.9. The van der Waals surface area contributed by atoms with Crippen LogP contribution in [-0.2, 0) is 11.2 Å². The molecular formula is C14H21ClN2OS. The van der Waals surface area contributed by atoms with Gasteiger partial charge in [0.15, 0.2) is 0 Å². The lowest BCUT2D eigenvalue weighted by atomic mass is 10.0. The van der Waals surface area contributed by atoms with E-state index in [1.807, 2.05) is 36.0 Å². The summed E-state index contributed by atoms with van der Waals surface area (Å²) in [5, 5.41) is 3.04. The van der Waals surface area contributed by atoms with Crippen LogP contribution in [0.25, 0.3) is 0 Å². The molecule has 0 radical (unpaired) electrons. The third-order valence-electron chi connectivity index (χ3n) is 3.28. The Labute approximate surface area is 125 Å².